The second-order valence-electron chi connectivity index (χ2n) is 6.38. The summed E-state index contributed by atoms with van der Waals surface area (Å²) in [7, 11) is 3.16. The normalized spacial score (nSPS) is 13.9. The number of phenols is 1. The zero-order valence-corrected chi connectivity index (χ0v) is 16.7. The first-order valence-corrected chi connectivity index (χ1v) is 9.65. The minimum Gasteiger partial charge on any atom is -0.510 e. The monoisotopic (exact) mass is 409 g/mol. The first kappa shape index (κ1) is 18.8. The molecule has 7 nitrogen and oxygen atoms in total. The fraction of sp³-hybridized carbons (Fsp3) is 0.143. The van der Waals surface area contributed by atoms with Crippen LogP contribution in [0.3, 0.4) is 0 Å². The molecule has 2 aromatic carbocycles. The van der Waals surface area contributed by atoms with Crippen LogP contribution in [0.15, 0.2) is 53.6 Å². The second-order valence-corrected chi connectivity index (χ2v) is 7.24. The lowest BCUT2D eigenvalue weighted by Gasteiger charge is -2.18. The zero-order chi connectivity index (χ0) is 20.5. The Bertz CT molecular complexity index is 1110. The van der Waals surface area contributed by atoms with Gasteiger partial charge in [-0.3, -0.25) is 5.41 Å². The Hall–Kier alpha value is -3.52. The summed E-state index contributed by atoms with van der Waals surface area (Å²) < 4.78 is 10.6. The van der Waals surface area contributed by atoms with Crippen LogP contribution in [-0.4, -0.2) is 41.8 Å². The van der Waals surface area contributed by atoms with Gasteiger partial charge in [0, 0.05) is 16.6 Å². The number of hydrogen-bond acceptors (Lipinski definition) is 7. The molecule has 1 aliphatic heterocycles. The molecular weight excluding hydrogens is 390 g/mol. The number of rotatable bonds is 5. The van der Waals surface area contributed by atoms with Crippen LogP contribution in [0.4, 0.5) is 5.69 Å². The van der Waals surface area contributed by atoms with E-state index < -0.39 is 0 Å². The summed E-state index contributed by atoms with van der Waals surface area (Å²) in [6, 6.07) is 12.1. The lowest BCUT2D eigenvalue weighted by Crippen LogP contribution is -2.25. The van der Waals surface area contributed by atoms with Gasteiger partial charge in [0.2, 0.25) is 0 Å². The van der Waals surface area contributed by atoms with Crippen LogP contribution in [-0.2, 0) is 0 Å². The Balaban J connectivity index is 1.63. The van der Waals surface area contributed by atoms with Crippen molar-refractivity contribution in [2.24, 2.45) is 0 Å². The number of anilines is 1. The Kier molecular flexibility index (Phi) is 4.85. The number of phenolic OH excluding ortho intramolecular Hbond substituents is 1. The van der Waals surface area contributed by atoms with E-state index in [1.165, 1.54) is 11.3 Å². The lowest BCUT2D eigenvalue weighted by molar-refractivity contribution is 0.355. The molecule has 3 aromatic rings. The number of ether oxygens (including phenoxy) is 2. The van der Waals surface area contributed by atoms with Crippen molar-refractivity contribution in [3.63, 3.8) is 0 Å². The molecule has 148 valence electrons. The molecule has 0 unspecified atom stereocenters. The van der Waals surface area contributed by atoms with Gasteiger partial charge in [-0.25, -0.2) is 4.98 Å². The predicted octanol–water partition coefficient (Wildman–Crippen LogP) is 4.30. The number of benzene rings is 2. The maximum atomic E-state index is 10.5. The third-order valence-corrected chi connectivity index (χ3v) is 5.52. The molecule has 1 aromatic heterocycles. The van der Waals surface area contributed by atoms with Gasteiger partial charge in [-0.1, -0.05) is 0 Å². The SMILES string of the molecule is COc1ccc(-c2csc(C3=C(O)CN(c4ccc(O)cc4)C3=N)n2)cc1OC. The van der Waals surface area contributed by atoms with Crippen molar-refractivity contribution in [2.45, 2.75) is 0 Å². The van der Waals surface area contributed by atoms with E-state index >= 15 is 0 Å². The third kappa shape index (κ3) is 3.38. The minimum atomic E-state index is 0.0938. The van der Waals surface area contributed by atoms with Crippen LogP contribution in [0.5, 0.6) is 17.2 Å². The highest BCUT2D eigenvalue weighted by Crippen LogP contribution is 2.36. The van der Waals surface area contributed by atoms with Gasteiger partial charge in [0.1, 0.15) is 22.4 Å². The number of thiazole rings is 1. The highest BCUT2D eigenvalue weighted by atomic mass is 32.1. The summed E-state index contributed by atoms with van der Waals surface area (Å²) in [5.41, 5.74) is 2.70. The highest BCUT2D eigenvalue weighted by molar-refractivity contribution is 7.11. The van der Waals surface area contributed by atoms with E-state index in [2.05, 4.69) is 4.98 Å². The van der Waals surface area contributed by atoms with Crippen molar-refractivity contribution in [2.75, 3.05) is 25.7 Å². The van der Waals surface area contributed by atoms with E-state index in [9.17, 15) is 10.2 Å². The number of nitrogens with one attached hydrogen (secondary N) is 1. The second kappa shape index (κ2) is 7.48. The molecule has 0 saturated carbocycles. The molecule has 29 heavy (non-hydrogen) atoms. The number of aromatic hydroxyl groups is 1. The highest BCUT2D eigenvalue weighted by Gasteiger charge is 2.31. The average Bonchev–Trinajstić information content (AvgIpc) is 3.32. The van der Waals surface area contributed by atoms with Gasteiger partial charge < -0.3 is 24.6 Å². The molecule has 0 fully saturated rings. The number of aliphatic hydroxyl groups is 1. The Morgan fingerprint density at radius 1 is 1.03 bits per heavy atom. The van der Waals surface area contributed by atoms with Crippen molar-refractivity contribution in [3.8, 4) is 28.5 Å². The van der Waals surface area contributed by atoms with Crippen LogP contribution in [0, 0.1) is 5.41 Å². The summed E-state index contributed by atoms with van der Waals surface area (Å²) in [6.45, 7) is 0.185. The van der Waals surface area contributed by atoms with E-state index in [0.717, 1.165) is 11.3 Å². The Morgan fingerprint density at radius 2 is 1.76 bits per heavy atom. The summed E-state index contributed by atoms with van der Waals surface area (Å²) in [5.74, 6) is 1.65. The molecule has 8 heteroatoms. The van der Waals surface area contributed by atoms with Gasteiger partial charge in [-0.2, -0.15) is 0 Å². The third-order valence-electron chi connectivity index (χ3n) is 4.66. The van der Waals surface area contributed by atoms with E-state index in [1.54, 1.807) is 43.4 Å². The number of nitrogens with zero attached hydrogens (tertiary/aromatic N) is 2. The molecular formula is C21H19N3O4S. The Morgan fingerprint density at radius 3 is 2.45 bits per heavy atom. The number of amidine groups is 1. The lowest BCUT2D eigenvalue weighted by atomic mass is 10.1. The van der Waals surface area contributed by atoms with Crippen molar-refractivity contribution in [1.29, 1.82) is 5.41 Å². The van der Waals surface area contributed by atoms with Crippen molar-refractivity contribution >= 4 is 28.4 Å². The smallest absolute Gasteiger partial charge is 0.161 e. The van der Waals surface area contributed by atoms with Crippen LogP contribution >= 0.6 is 11.3 Å². The first-order valence-electron chi connectivity index (χ1n) is 8.77. The summed E-state index contributed by atoms with van der Waals surface area (Å²) in [6.07, 6.45) is 0. The molecule has 3 N–H and O–H groups in total. The van der Waals surface area contributed by atoms with Crippen molar-refractivity contribution in [1.82, 2.24) is 4.98 Å². The molecule has 4 rings (SSSR count). The summed E-state index contributed by atoms with van der Waals surface area (Å²) in [4.78, 5) is 6.30. The predicted molar refractivity (Wildman–Crippen MR) is 113 cm³/mol. The van der Waals surface area contributed by atoms with E-state index in [1.807, 2.05) is 23.6 Å². The van der Waals surface area contributed by atoms with Crippen LogP contribution in [0.2, 0.25) is 0 Å². The fourth-order valence-electron chi connectivity index (χ4n) is 3.17. The number of methoxy groups -OCH3 is 2. The molecule has 2 heterocycles. The minimum absolute atomic E-state index is 0.0938. The van der Waals surface area contributed by atoms with Gasteiger partial charge in [0.05, 0.1) is 32.0 Å². The fourth-order valence-corrected chi connectivity index (χ4v) is 4.07. The maximum absolute atomic E-state index is 10.5. The van der Waals surface area contributed by atoms with Crippen LogP contribution in [0.25, 0.3) is 16.8 Å². The zero-order valence-electron chi connectivity index (χ0n) is 15.8. The first-order chi connectivity index (χ1) is 14.0. The van der Waals surface area contributed by atoms with Gasteiger partial charge >= 0.3 is 0 Å². The number of hydrogen-bond donors (Lipinski definition) is 3. The topological polar surface area (TPSA) is 98.9 Å². The van der Waals surface area contributed by atoms with Gasteiger partial charge in [-0.15, -0.1) is 11.3 Å². The van der Waals surface area contributed by atoms with Gasteiger partial charge in [0.25, 0.3) is 0 Å². The molecule has 0 aliphatic carbocycles. The average molecular weight is 409 g/mol. The van der Waals surface area contributed by atoms with E-state index in [4.69, 9.17) is 14.9 Å². The number of aliphatic hydroxyl groups excluding tert-OH is 1. The maximum Gasteiger partial charge on any atom is 0.161 e. The molecule has 0 bridgehead atoms. The van der Waals surface area contributed by atoms with Gasteiger partial charge in [-0.05, 0) is 42.5 Å². The molecule has 0 spiro atoms. The standard InChI is InChI=1S/C21H19N3O4S/c1-27-17-8-3-12(9-18(17)28-2)15-11-29-21(23-15)19-16(26)10-24(20(19)22)13-4-6-14(25)7-5-13/h3-9,11,22,25-26H,10H2,1-2H3. The molecule has 1 aliphatic rings. The molecule has 0 atom stereocenters. The molecule has 0 saturated heterocycles. The van der Waals surface area contributed by atoms with Crippen molar-refractivity contribution in [3.05, 3.63) is 58.6 Å². The van der Waals surface area contributed by atoms with Gasteiger partial charge in [0.15, 0.2) is 11.5 Å². The summed E-state index contributed by atoms with van der Waals surface area (Å²) >= 11 is 1.36. The number of aromatic nitrogens is 1. The van der Waals surface area contributed by atoms with Crippen molar-refractivity contribution < 1.29 is 19.7 Å². The van der Waals surface area contributed by atoms with Crippen LogP contribution in [0.1, 0.15) is 5.01 Å². The van der Waals surface area contributed by atoms with E-state index in [0.29, 0.717) is 27.8 Å². The molecule has 0 amide bonds. The van der Waals surface area contributed by atoms with E-state index in [-0.39, 0.29) is 23.9 Å². The quantitative estimate of drug-likeness (QED) is 0.581. The largest absolute Gasteiger partial charge is 0.510 e. The summed E-state index contributed by atoms with van der Waals surface area (Å²) in [5, 5.41) is 31.0. The van der Waals surface area contributed by atoms with Crippen LogP contribution < -0.4 is 14.4 Å². The Labute approximate surface area is 171 Å². The molecule has 0 radical (unpaired) electrons.